The largest absolute Gasteiger partial charge is 0.493 e. The van der Waals surface area contributed by atoms with Gasteiger partial charge in [-0.1, -0.05) is 30.3 Å². The number of nitrogens with zero attached hydrogens (tertiary/aromatic N) is 1. The van der Waals surface area contributed by atoms with Crippen LogP contribution in [0.1, 0.15) is 28.5 Å². The molecule has 32 heavy (non-hydrogen) atoms. The molecule has 0 bridgehead atoms. The lowest BCUT2D eigenvalue weighted by Gasteiger charge is -2.12. The predicted molar refractivity (Wildman–Crippen MR) is 123 cm³/mol. The highest BCUT2D eigenvalue weighted by Gasteiger charge is 2.23. The first-order valence-electron chi connectivity index (χ1n) is 10.4. The number of fused-ring (bicyclic) bond motifs is 2. The molecule has 3 aromatic carbocycles. The molecule has 1 unspecified atom stereocenters. The summed E-state index contributed by atoms with van der Waals surface area (Å²) in [5.74, 6) is 2.22. The van der Waals surface area contributed by atoms with Crippen LogP contribution in [0.2, 0.25) is 0 Å². The van der Waals surface area contributed by atoms with Crippen LogP contribution in [0, 0.1) is 0 Å². The Morgan fingerprint density at radius 3 is 2.44 bits per heavy atom. The van der Waals surface area contributed by atoms with Crippen LogP contribution in [0.5, 0.6) is 17.2 Å². The van der Waals surface area contributed by atoms with Crippen LogP contribution in [0.15, 0.2) is 67.0 Å². The lowest BCUT2D eigenvalue weighted by molar-refractivity contribution is 0.259. The van der Waals surface area contributed by atoms with E-state index in [1.807, 2.05) is 54.9 Å². The number of anilines is 1. The van der Waals surface area contributed by atoms with E-state index in [0.29, 0.717) is 11.5 Å². The number of rotatable bonds is 6. The number of hydrogen-bond acceptors (Lipinski definition) is 6. The van der Waals surface area contributed by atoms with E-state index in [0.717, 1.165) is 50.9 Å². The minimum absolute atomic E-state index is 0.0322. The number of pyridine rings is 1. The van der Waals surface area contributed by atoms with Crippen LogP contribution in [0.4, 0.5) is 5.69 Å². The van der Waals surface area contributed by atoms with E-state index in [1.165, 1.54) is 0 Å². The van der Waals surface area contributed by atoms with Crippen molar-refractivity contribution in [2.24, 2.45) is 0 Å². The van der Waals surface area contributed by atoms with Crippen molar-refractivity contribution in [3.8, 4) is 17.2 Å². The number of aliphatic hydroxyl groups is 1. The first-order chi connectivity index (χ1) is 15.7. The van der Waals surface area contributed by atoms with Gasteiger partial charge in [0.2, 0.25) is 0 Å². The second-order valence-electron chi connectivity index (χ2n) is 7.78. The Labute approximate surface area is 186 Å². The Balaban J connectivity index is 1.41. The molecule has 1 aromatic heterocycles. The van der Waals surface area contributed by atoms with Crippen molar-refractivity contribution in [2.45, 2.75) is 19.3 Å². The van der Waals surface area contributed by atoms with E-state index < -0.39 is 0 Å². The maximum Gasteiger partial charge on any atom is 0.196 e. The topological polar surface area (TPSA) is 72.8 Å². The normalized spacial score (nSPS) is 14.5. The smallest absolute Gasteiger partial charge is 0.196 e. The number of ether oxygens (including phenoxy) is 3. The average Bonchev–Trinajstić information content (AvgIpc) is 3.27. The molecule has 0 fully saturated rings. The van der Waals surface area contributed by atoms with E-state index in [2.05, 4.69) is 22.4 Å². The molecule has 1 aliphatic rings. The van der Waals surface area contributed by atoms with Crippen LogP contribution in [0.25, 0.3) is 10.8 Å². The lowest BCUT2D eigenvalue weighted by atomic mass is 10.00. The van der Waals surface area contributed by atoms with Crippen LogP contribution < -0.4 is 19.5 Å². The SMILES string of the molecule is COc1cc2cncc(Cc3ccc4c(c3)NC(c3ccc(CO)cc3)O4)c2cc1OC. The monoisotopic (exact) mass is 428 g/mol. The number of methoxy groups -OCH3 is 2. The molecule has 5 rings (SSSR count). The summed E-state index contributed by atoms with van der Waals surface area (Å²) in [6, 6.07) is 17.9. The standard InChI is InChI=1S/C26H24N2O4/c1-30-24-11-20-14-27-13-19(21(20)12-25(24)31-2)9-17-5-8-23-22(10-17)28-26(32-23)18-6-3-16(15-29)4-7-18/h3-8,10-14,26,28-29H,9,15H2,1-2H3. The molecule has 0 saturated carbocycles. The van der Waals surface area contributed by atoms with E-state index in [9.17, 15) is 5.11 Å². The summed E-state index contributed by atoms with van der Waals surface area (Å²) in [5, 5.41) is 14.8. The molecule has 0 amide bonds. The Bertz CT molecular complexity index is 1270. The van der Waals surface area contributed by atoms with E-state index in [4.69, 9.17) is 14.2 Å². The zero-order valence-corrected chi connectivity index (χ0v) is 18.0. The fraction of sp³-hybridized carbons (Fsp3) is 0.192. The molecule has 0 spiro atoms. The summed E-state index contributed by atoms with van der Waals surface area (Å²) in [6.45, 7) is 0.0322. The molecular formula is C26H24N2O4. The maximum atomic E-state index is 9.24. The second-order valence-corrected chi connectivity index (χ2v) is 7.78. The summed E-state index contributed by atoms with van der Waals surface area (Å²) in [4.78, 5) is 4.42. The van der Waals surface area contributed by atoms with Crippen LogP contribution >= 0.6 is 0 Å². The van der Waals surface area contributed by atoms with Gasteiger partial charge in [-0.15, -0.1) is 0 Å². The van der Waals surface area contributed by atoms with Crippen molar-refractivity contribution in [3.05, 3.63) is 89.2 Å². The molecule has 0 saturated heterocycles. The zero-order chi connectivity index (χ0) is 22.1. The minimum Gasteiger partial charge on any atom is -0.493 e. The number of aromatic nitrogens is 1. The van der Waals surface area contributed by atoms with Gasteiger partial charge < -0.3 is 24.6 Å². The molecule has 1 atom stereocenters. The molecule has 4 aromatic rings. The number of nitrogens with one attached hydrogen (secondary N) is 1. The van der Waals surface area contributed by atoms with Gasteiger partial charge in [0.15, 0.2) is 17.7 Å². The molecule has 0 radical (unpaired) electrons. The average molecular weight is 428 g/mol. The van der Waals surface area contributed by atoms with Crippen molar-refractivity contribution in [2.75, 3.05) is 19.5 Å². The number of aliphatic hydroxyl groups excluding tert-OH is 1. The van der Waals surface area contributed by atoms with Crippen LogP contribution in [-0.2, 0) is 13.0 Å². The third-order valence-corrected chi connectivity index (χ3v) is 5.78. The second kappa shape index (κ2) is 8.40. The molecule has 0 aliphatic carbocycles. The van der Waals surface area contributed by atoms with Crippen molar-refractivity contribution >= 4 is 16.5 Å². The minimum atomic E-state index is -0.246. The summed E-state index contributed by atoms with van der Waals surface area (Å²) >= 11 is 0. The van der Waals surface area contributed by atoms with E-state index >= 15 is 0 Å². The molecule has 1 aliphatic heterocycles. The van der Waals surface area contributed by atoms with Crippen molar-refractivity contribution < 1.29 is 19.3 Å². The highest BCUT2D eigenvalue weighted by Crippen LogP contribution is 2.39. The number of hydrogen-bond donors (Lipinski definition) is 2. The number of benzene rings is 3. The van der Waals surface area contributed by atoms with Gasteiger partial charge in [-0.05, 0) is 52.8 Å². The first-order valence-corrected chi connectivity index (χ1v) is 10.4. The summed E-state index contributed by atoms with van der Waals surface area (Å²) in [6.07, 6.45) is 4.22. The molecule has 2 N–H and O–H groups in total. The Morgan fingerprint density at radius 1 is 0.938 bits per heavy atom. The van der Waals surface area contributed by atoms with Gasteiger partial charge in [-0.25, -0.2) is 0 Å². The molecular weight excluding hydrogens is 404 g/mol. The van der Waals surface area contributed by atoms with Crippen molar-refractivity contribution in [3.63, 3.8) is 0 Å². The highest BCUT2D eigenvalue weighted by atomic mass is 16.5. The summed E-state index contributed by atoms with van der Waals surface area (Å²) in [5.41, 5.74) is 5.12. The van der Waals surface area contributed by atoms with Gasteiger partial charge in [0.1, 0.15) is 5.75 Å². The van der Waals surface area contributed by atoms with Crippen LogP contribution in [-0.4, -0.2) is 24.3 Å². The van der Waals surface area contributed by atoms with Gasteiger partial charge in [-0.3, -0.25) is 4.98 Å². The summed E-state index contributed by atoms with van der Waals surface area (Å²) in [7, 11) is 3.28. The molecule has 6 nitrogen and oxygen atoms in total. The van der Waals surface area contributed by atoms with Gasteiger partial charge >= 0.3 is 0 Å². The maximum absolute atomic E-state index is 9.24. The Morgan fingerprint density at radius 2 is 1.69 bits per heavy atom. The summed E-state index contributed by atoms with van der Waals surface area (Å²) < 4.78 is 17.0. The quantitative estimate of drug-likeness (QED) is 0.458. The fourth-order valence-corrected chi connectivity index (χ4v) is 4.07. The third kappa shape index (κ3) is 3.69. The van der Waals surface area contributed by atoms with E-state index in [-0.39, 0.29) is 12.8 Å². The lowest BCUT2D eigenvalue weighted by Crippen LogP contribution is -2.10. The van der Waals surface area contributed by atoms with Gasteiger partial charge in [0.25, 0.3) is 0 Å². The molecule has 162 valence electrons. The third-order valence-electron chi connectivity index (χ3n) is 5.78. The molecule has 6 heteroatoms. The fourth-order valence-electron chi connectivity index (χ4n) is 4.07. The zero-order valence-electron chi connectivity index (χ0n) is 18.0. The van der Waals surface area contributed by atoms with Crippen LogP contribution in [0.3, 0.4) is 0 Å². The highest BCUT2D eigenvalue weighted by molar-refractivity contribution is 5.88. The first kappa shape index (κ1) is 20.2. The Hall–Kier alpha value is -3.77. The van der Waals surface area contributed by atoms with Gasteiger partial charge in [0, 0.05) is 23.3 Å². The Kier molecular flexibility index (Phi) is 5.29. The van der Waals surface area contributed by atoms with Crippen molar-refractivity contribution in [1.82, 2.24) is 4.98 Å². The van der Waals surface area contributed by atoms with E-state index in [1.54, 1.807) is 14.2 Å². The van der Waals surface area contributed by atoms with Crippen molar-refractivity contribution in [1.29, 1.82) is 0 Å². The molecule has 2 heterocycles. The predicted octanol–water partition coefficient (Wildman–Crippen LogP) is 4.84. The van der Waals surface area contributed by atoms with Gasteiger partial charge in [0.05, 0.1) is 26.5 Å². The van der Waals surface area contributed by atoms with Gasteiger partial charge in [-0.2, -0.15) is 0 Å².